The zero-order valence-corrected chi connectivity index (χ0v) is 20.0. The van der Waals surface area contributed by atoms with Crippen molar-refractivity contribution in [3.8, 4) is 0 Å². The molecule has 4 nitrogen and oxygen atoms in total. The third-order valence-corrected chi connectivity index (χ3v) is 7.54. The Morgan fingerprint density at radius 3 is 1.46 bits per heavy atom. The Kier molecular flexibility index (Phi) is 6.69. The van der Waals surface area contributed by atoms with E-state index in [1.54, 1.807) is 0 Å². The molecule has 28 heavy (non-hydrogen) atoms. The van der Waals surface area contributed by atoms with Gasteiger partial charge in [-0.3, -0.25) is 9.59 Å². The molecule has 0 amide bonds. The molecule has 2 aromatic carbocycles. The summed E-state index contributed by atoms with van der Waals surface area (Å²) in [7, 11) is 0. The van der Waals surface area contributed by atoms with E-state index in [-0.39, 0.29) is 23.7 Å². The fourth-order valence-corrected chi connectivity index (χ4v) is 6.23. The summed E-state index contributed by atoms with van der Waals surface area (Å²) in [6.07, 6.45) is 1.78. The van der Waals surface area contributed by atoms with Crippen molar-refractivity contribution >= 4 is 57.1 Å². The smallest absolute Gasteiger partial charge is 0.311 e. The minimum Gasteiger partial charge on any atom is -0.481 e. The number of carbonyl (C=O) groups is 2. The summed E-state index contributed by atoms with van der Waals surface area (Å²) in [4.78, 5) is 22.2. The predicted octanol–water partition coefficient (Wildman–Crippen LogP) is 5.30. The monoisotopic (exact) mass is 604 g/mol. The maximum atomic E-state index is 11.1. The fraction of sp³-hybridized carbons (Fsp3) is 0.364. The van der Waals surface area contributed by atoms with E-state index in [1.807, 2.05) is 50.2 Å². The average Bonchev–Trinajstić information content (AvgIpc) is 3.13. The molecule has 0 saturated carbocycles. The van der Waals surface area contributed by atoms with Gasteiger partial charge in [0.25, 0.3) is 0 Å². The summed E-state index contributed by atoms with van der Waals surface area (Å²) >= 11 is 4.44. The van der Waals surface area contributed by atoms with Gasteiger partial charge in [-0.2, -0.15) is 0 Å². The molecular formula is C22H22I2O4. The predicted molar refractivity (Wildman–Crippen MR) is 125 cm³/mol. The number of fused-ring (bicyclic) bond motifs is 2. The zero-order chi connectivity index (χ0) is 20.6. The van der Waals surface area contributed by atoms with Gasteiger partial charge >= 0.3 is 11.9 Å². The molecule has 0 radical (unpaired) electrons. The molecule has 0 fully saturated rings. The van der Waals surface area contributed by atoms with Crippen molar-refractivity contribution in [3.05, 3.63) is 65.8 Å². The largest absolute Gasteiger partial charge is 0.481 e. The van der Waals surface area contributed by atoms with Gasteiger partial charge in [0, 0.05) is 7.14 Å². The van der Waals surface area contributed by atoms with Crippen LogP contribution in [0.15, 0.2) is 36.4 Å². The molecule has 2 N–H and O–H groups in total. The van der Waals surface area contributed by atoms with Crippen LogP contribution in [0.4, 0.5) is 0 Å². The van der Waals surface area contributed by atoms with Crippen LogP contribution < -0.4 is 0 Å². The molecule has 148 valence electrons. The topological polar surface area (TPSA) is 74.6 Å². The molecule has 2 aliphatic rings. The summed E-state index contributed by atoms with van der Waals surface area (Å²) in [6, 6.07) is 12.0. The van der Waals surface area contributed by atoms with Crippen molar-refractivity contribution in [2.45, 2.75) is 38.5 Å². The zero-order valence-electron chi connectivity index (χ0n) is 15.7. The van der Waals surface area contributed by atoms with Crippen LogP contribution in [0.25, 0.3) is 0 Å². The molecule has 4 atom stereocenters. The van der Waals surface area contributed by atoms with Crippen LogP contribution in [0.3, 0.4) is 0 Å². The highest BCUT2D eigenvalue weighted by atomic mass is 127. The lowest BCUT2D eigenvalue weighted by atomic mass is 9.94. The van der Waals surface area contributed by atoms with E-state index in [4.69, 9.17) is 10.2 Å². The van der Waals surface area contributed by atoms with E-state index in [0.29, 0.717) is 0 Å². The molecule has 4 rings (SSSR count). The third-order valence-electron chi connectivity index (χ3n) is 5.66. The molecule has 0 unspecified atom stereocenters. The Hall–Kier alpha value is -1.16. The summed E-state index contributed by atoms with van der Waals surface area (Å²) in [5.41, 5.74) is 4.48. The molecule has 2 aliphatic carbocycles. The van der Waals surface area contributed by atoms with Crippen molar-refractivity contribution in [2.24, 2.45) is 11.8 Å². The van der Waals surface area contributed by atoms with Crippen LogP contribution in [0.1, 0.15) is 47.9 Å². The van der Waals surface area contributed by atoms with Crippen molar-refractivity contribution in [2.75, 3.05) is 0 Å². The van der Waals surface area contributed by atoms with Crippen molar-refractivity contribution in [1.29, 1.82) is 0 Å². The molecule has 6 heteroatoms. The third kappa shape index (κ3) is 4.08. The molecule has 0 aliphatic heterocycles. The molecule has 0 aromatic heterocycles. The lowest BCUT2D eigenvalue weighted by Crippen LogP contribution is -2.15. The van der Waals surface area contributed by atoms with E-state index < -0.39 is 11.9 Å². The first-order valence-electron chi connectivity index (χ1n) is 9.22. The summed E-state index contributed by atoms with van der Waals surface area (Å²) < 4.78 is 2.16. The van der Waals surface area contributed by atoms with Crippen molar-refractivity contribution < 1.29 is 19.8 Å². The number of aliphatic carboxylic acids is 2. The normalized spacial score (nSPS) is 24.7. The van der Waals surface area contributed by atoms with Gasteiger partial charge in [0.2, 0.25) is 0 Å². The van der Waals surface area contributed by atoms with Gasteiger partial charge in [-0.25, -0.2) is 0 Å². The lowest BCUT2D eigenvalue weighted by Gasteiger charge is -2.11. The molecule has 2 aromatic rings. The first-order chi connectivity index (χ1) is 13.2. The van der Waals surface area contributed by atoms with Gasteiger partial charge in [0.05, 0.1) is 11.8 Å². The van der Waals surface area contributed by atoms with Crippen LogP contribution in [-0.4, -0.2) is 22.2 Å². The highest BCUT2D eigenvalue weighted by molar-refractivity contribution is 14.1. The van der Waals surface area contributed by atoms with Crippen LogP contribution in [0.2, 0.25) is 0 Å². The number of benzene rings is 2. The van der Waals surface area contributed by atoms with Crippen LogP contribution in [-0.2, 0) is 22.4 Å². The van der Waals surface area contributed by atoms with Gasteiger partial charge in [-0.15, -0.1) is 0 Å². The number of carboxylic acids is 2. The maximum absolute atomic E-state index is 11.1. The Labute approximate surface area is 192 Å². The first-order valence-corrected chi connectivity index (χ1v) is 11.4. The van der Waals surface area contributed by atoms with Gasteiger partial charge in [0.15, 0.2) is 0 Å². The van der Waals surface area contributed by atoms with Crippen molar-refractivity contribution in [1.82, 2.24) is 0 Å². The van der Waals surface area contributed by atoms with Crippen molar-refractivity contribution in [3.63, 3.8) is 0 Å². The molecular weight excluding hydrogens is 582 g/mol. The van der Waals surface area contributed by atoms with E-state index in [2.05, 4.69) is 45.2 Å². The molecule has 0 spiro atoms. The number of halogens is 2. The second kappa shape index (κ2) is 8.69. The summed E-state index contributed by atoms with van der Waals surface area (Å²) in [5.74, 6) is -1.56. The molecule has 0 saturated heterocycles. The van der Waals surface area contributed by atoms with Crippen LogP contribution >= 0.6 is 45.2 Å². The van der Waals surface area contributed by atoms with Gasteiger partial charge in [-0.05, 0) is 104 Å². The average molecular weight is 604 g/mol. The quantitative estimate of drug-likeness (QED) is 0.457. The van der Waals surface area contributed by atoms with Crippen LogP contribution in [0, 0.1) is 19.0 Å². The van der Waals surface area contributed by atoms with Crippen LogP contribution in [0.5, 0.6) is 0 Å². The second-order valence-electron chi connectivity index (χ2n) is 7.62. The number of hydrogen-bond acceptors (Lipinski definition) is 2. The highest BCUT2D eigenvalue weighted by Gasteiger charge is 2.36. The maximum Gasteiger partial charge on any atom is 0.311 e. The molecule has 0 heterocycles. The Morgan fingerprint density at radius 2 is 1.14 bits per heavy atom. The van der Waals surface area contributed by atoms with E-state index >= 15 is 0 Å². The van der Waals surface area contributed by atoms with E-state index in [0.717, 1.165) is 31.1 Å². The van der Waals surface area contributed by atoms with E-state index in [1.165, 1.54) is 11.1 Å². The lowest BCUT2D eigenvalue weighted by molar-refractivity contribution is -0.140. The van der Waals surface area contributed by atoms with Gasteiger partial charge in [0.1, 0.15) is 0 Å². The standard InChI is InChI=1S/2C11H11IO2/c2*1-6-5-7-3-2-4-8(12)10(7)9(6)11(13)14/h2*2-4,6,9H,5H2,1H3,(H,13,14)/t2*6-,9+/m11/s1. The fourth-order valence-electron chi connectivity index (χ4n) is 4.45. The van der Waals surface area contributed by atoms with E-state index in [9.17, 15) is 9.59 Å². The van der Waals surface area contributed by atoms with Gasteiger partial charge in [-0.1, -0.05) is 38.1 Å². The molecule has 0 bridgehead atoms. The first kappa shape index (κ1) is 21.5. The second-order valence-corrected chi connectivity index (χ2v) is 9.94. The summed E-state index contributed by atoms with van der Waals surface area (Å²) in [6.45, 7) is 4.02. The number of hydrogen-bond donors (Lipinski definition) is 2. The highest BCUT2D eigenvalue weighted by Crippen LogP contribution is 2.41. The Morgan fingerprint density at radius 1 is 0.786 bits per heavy atom. The number of rotatable bonds is 2. The Bertz CT molecular complexity index is 849. The SMILES string of the molecule is C[C@@H]1Cc2cccc(I)c2[C@H]1C(=O)O.C[C@@H]1Cc2cccc(I)c2[C@H]1C(=O)O. The summed E-state index contributed by atoms with van der Waals surface area (Å²) in [5, 5.41) is 18.3. The minimum atomic E-state index is -0.694. The minimum absolute atomic E-state index is 0.221. The van der Waals surface area contributed by atoms with Gasteiger partial charge < -0.3 is 10.2 Å². The number of carboxylic acid groups (broad SMARTS) is 2. The Balaban J connectivity index is 0.000000161.